The molecule has 0 saturated heterocycles. The summed E-state index contributed by atoms with van der Waals surface area (Å²) in [5, 5.41) is 3.91. The second kappa shape index (κ2) is 6.28. The number of aromatic nitrogens is 1. The van der Waals surface area contributed by atoms with Crippen molar-refractivity contribution in [3.63, 3.8) is 0 Å². The van der Waals surface area contributed by atoms with Crippen LogP contribution in [0.25, 0.3) is 22.2 Å². The fourth-order valence-electron chi connectivity index (χ4n) is 2.81. The molecular formula is C18H18N2OS. The molecule has 112 valence electrons. The molecule has 1 aromatic heterocycles. The van der Waals surface area contributed by atoms with Gasteiger partial charge >= 0.3 is 0 Å². The zero-order valence-corrected chi connectivity index (χ0v) is 13.3. The maximum absolute atomic E-state index is 12.7. The third kappa shape index (κ3) is 2.50. The van der Waals surface area contributed by atoms with Crippen LogP contribution in [-0.2, 0) is 7.05 Å². The van der Waals surface area contributed by atoms with E-state index in [9.17, 15) is 4.79 Å². The monoisotopic (exact) mass is 310 g/mol. The van der Waals surface area contributed by atoms with E-state index in [1.165, 1.54) is 0 Å². The lowest BCUT2D eigenvalue weighted by Gasteiger charge is -2.08. The molecule has 1 heterocycles. The number of amides is 1. The minimum atomic E-state index is -0.0512. The predicted molar refractivity (Wildman–Crippen MR) is 94.5 cm³/mol. The van der Waals surface area contributed by atoms with Crippen molar-refractivity contribution in [1.82, 2.24) is 9.88 Å². The Kier molecular flexibility index (Phi) is 4.20. The van der Waals surface area contributed by atoms with Crippen LogP contribution in [-0.4, -0.2) is 22.8 Å². The number of para-hydroxylation sites is 1. The van der Waals surface area contributed by atoms with E-state index in [1.807, 2.05) is 61.6 Å². The number of hydrogen-bond acceptors (Lipinski definition) is 2. The zero-order valence-electron chi connectivity index (χ0n) is 12.4. The Bertz CT molecular complexity index is 809. The fourth-order valence-corrected chi connectivity index (χ4v) is 2.93. The van der Waals surface area contributed by atoms with Crippen molar-refractivity contribution in [3.8, 4) is 11.3 Å². The Hall–Kier alpha value is -2.20. The van der Waals surface area contributed by atoms with E-state index in [1.54, 1.807) is 0 Å². The number of nitrogens with zero attached hydrogens (tertiary/aromatic N) is 1. The summed E-state index contributed by atoms with van der Waals surface area (Å²) in [6.07, 6.45) is 0. The molecule has 0 radical (unpaired) electrons. The van der Waals surface area contributed by atoms with Gasteiger partial charge in [-0.3, -0.25) is 4.79 Å². The number of aryl methyl sites for hydroxylation is 1. The number of nitrogens with one attached hydrogen (secondary N) is 1. The first-order valence-corrected chi connectivity index (χ1v) is 7.89. The standard InChI is InChI=1S/C18H18N2OS/c1-20-15-10-6-5-9-14(15)16(18(21)19-11-12-22)17(20)13-7-3-2-4-8-13/h2-10,22H,11-12H2,1H3,(H,19,21). The van der Waals surface area contributed by atoms with Crippen LogP contribution in [0, 0.1) is 0 Å². The van der Waals surface area contributed by atoms with E-state index in [-0.39, 0.29) is 5.91 Å². The summed E-state index contributed by atoms with van der Waals surface area (Å²) in [7, 11) is 2.00. The molecule has 0 unspecified atom stereocenters. The molecular weight excluding hydrogens is 292 g/mol. The molecule has 0 aliphatic carbocycles. The first-order valence-electron chi connectivity index (χ1n) is 7.26. The Balaban J connectivity index is 2.25. The van der Waals surface area contributed by atoms with Crippen molar-refractivity contribution in [2.45, 2.75) is 0 Å². The van der Waals surface area contributed by atoms with Gasteiger partial charge in [-0.2, -0.15) is 12.6 Å². The quantitative estimate of drug-likeness (QED) is 0.711. The van der Waals surface area contributed by atoms with Crippen LogP contribution in [0.2, 0.25) is 0 Å². The SMILES string of the molecule is Cn1c(-c2ccccc2)c(C(=O)NCCS)c2ccccc21. The normalized spacial score (nSPS) is 10.8. The molecule has 3 aromatic rings. The lowest BCUT2D eigenvalue weighted by atomic mass is 10.0. The number of thiol groups is 1. The molecule has 0 spiro atoms. The average Bonchev–Trinajstić information content (AvgIpc) is 2.87. The van der Waals surface area contributed by atoms with Gasteiger partial charge in [0.15, 0.2) is 0 Å². The van der Waals surface area contributed by atoms with Crippen LogP contribution in [0.5, 0.6) is 0 Å². The second-order valence-electron chi connectivity index (χ2n) is 5.15. The van der Waals surface area contributed by atoms with Crippen molar-refractivity contribution < 1.29 is 4.79 Å². The van der Waals surface area contributed by atoms with E-state index < -0.39 is 0 Å². The third-order valence-corrected chi connectivity index (χ3v) is 4.00. The summed E-state index contributed by atoms with van der Waals surface area (Å²) >= 11 is 4.16. The summed E-state index contributed by atoms with van der Waals surface area (Å²) in [4.78, 5) is 12.7. The molecule has 0 aliphatic heterocycles. The minimum absolute atomic E-state index is 0.0512. The van der Waals surface area contributed by atoms with Gasteiger partial charge in [0.1, 0.15) is 0 Å². The Morgan fingerprint density at radius 1 is 1.09 bits per heavy atom. The molecule has 1 N–H and O–H groups in total. The van der Waals surface area contributed by atoms with E-state index in [0.717, 1.165) is 27.7 Å². The van der Waals surface area contributed by atoms with Crippen LogP contribution in [0.4, 0.5) is 0 Å². The maximum atomic E-state index is 12.7. The third-order valence-electron chi connectivity index (χ3n) is 3.78. The fraction of sp³-hybridized carbons (Fsp3) is 0.167. The molecule has 0 bridgehead atoms. The predicted octanol–water partition coefficient (Wildman–Crippen LogP) is 3.50. The lowest BCUT2D eigenvalue weighted by molar-refractivity contribution is 0.0958. The van der Waals surface area contributed by atoms with Gasteiger partial charge in [0, 0.05) is 30.2 Å². The molecule has 3 nitrogen and oxygen atoms in total. The maximum Gasteiger partial charge on any atom is 0.254 e. The van der Waals surface area contributed by atoms with Crippen LogP contribution < -0.4 is 5.32 Å². The molecule has 1 amide bonds. The highest BCUT2D eigenvalue weighted by Crippen LogP contribution is 2.32. The van der Waals surface area contributed by atoms with Crippen molar-refractivity contribution in [2.24, 2.45) is 7.05 Å². The summed E-state index contributed by atoms with van der Waals surface area (Å²) < 4.78 is 2.08. The largest absolute Gasteiger partial charge is 0.351 e. The average molecular weight is 310 g/mol. The van der Waals surface area contributed by atoms with Gasteiger partial charge in [0.2, 0.25) is 0 Å². The molecule has 0 aliphatic rings. The molecule has 4 heteroatoms. The molecule has 22 heavy (non-hydrogen) atoms. The van der Waals surface area contributed by atoms with Crippen LogP contribution >= 0.6 is 12.6 Å². The number of fused-ring (bicyclic) bond motifs is 1. The van der Waals surface area contributed by atoms with Gasteiger partial charge in [-0.15, -0.1) is 0 Å². The Morgan fingerprint density at radius 2 is 1.77 bits per heavy atom. The number of carbonyl (C=O) groups excluding carboxylic acids is 1. The van der Waals surface area contributed by atoms with Gasteiger partial charge < -0.3 is 9.88 Å². The van der Waals surface area contributed by atoms with Gasteiger partial charge in [0.05, 0.1) is 11.3 Å². The molecule has 0 fully saturated rings. The van der Waals surface area contributed by atoms with E-state index >= 15 is 0 Å². The first kappa shape index (κ1) is 14.7. The molecule has 0 saturated carbocycles. The van der Waals surface area contributed by atoms with Gasteiger partial charge in [0.25, 0.3) is 5.91 Å². The lowest BCUT2D eigenvalue weighted by Crippen LogP contribution is -2.25. The highest BCUT2D eigenvalue weighted by molar-refractivity contribution is 7.80. The highest BCUT2D eigenvalue weighted by atomic mass is 32.1. The van der Waals surface area contributed by atoms with Crippen molar-refractivity contribution in [3.05, 3.63) is 60.2 Å². The van der Waals surface area contributed by atoms with Crippen molar-refractivity contribution in [1.29, 1.82) is 0 Å². The zero-order chi connectivity index (χ0) is 15.5. The number of benzene rings is 2. The van der Waals surface area contributed by atoms with Crippen molar-refractivity contribution in [2.75, 3.05) is 12.3 Å². The minimum Gasteiger partial charge on any atom is -0.351 e. The van der Waals surface area contributed by atoms with Crippen LogP contribution in [0.3, 0.4) is 0 Å². The van der Waals surface area contributed by atoms with E-state index in [4.69, 9.17) is 0 Å². The summed E-state index contributed by atoms with van der Waals surface area (Å²) in [6, 6.07) is 18.0. The Labute approximate surface area is 135 Å². The summed E-state index contributed by atoms with van der Waals surface area (Å²) in [6.45, 7) is 0.555. The second-order valence-corrected chi connectivity index (χ2v) is 5.59. The number of carbonyl (C=O) groups is 1. The molecule has 0 atom stereocenters. The van der Waals surface area contributed by atoms with Crippen LogP contribution in [0.15, 0.2) is 54.6 Å². The first-order chi connectivity index (χ1) is 10.7. The number of hydrogen-bond donors (Lipinski definition) is 2. The molecule has 3 rings (SSSR count). The Morgan fingerprint density at radius 3 is 2.50 bits per heavy atom. The van der Waals surface area contributed by atoms with E-state index in [2.05, 4.69) is 22.5 Å². The summed E-state index contributed by atoms with van der Waals surface area (Å²) in [5.74, 6) is 0.571. The molecule has 2 aromatic carbocycles. The van der Waals surface area contributed by atoms with Gasteiger partial charge in [-0.1, -0.05) is 48.5 Å². The van der Waals surface area contributed by atoms with Gasteiger partial charge in [-0.25, -0.2) is 0 Å². The topological polar surface area (TPSA) is 34.0 Å². The smallest absolute Gasteiger partial charge is 0.254 e. The number of rotatable bonds is 4. The highest BCUT2D eigenvalue weighted by Gasteiger charge is 2.21. The summed E-state index contributed by atoms with van der Waals surface area (Å²) in [5.41, 5.74) is 3.76. The van der Waals surface area contributed by atoms with Crippen molar-refractivity contribution >= 4 is 29.4 Å². The van der Waals surface area contributed by atoms with Crippen LogP contribution in [0.1, 0.15) is 10.4 Å². The van der Waals surface area contributed by atoms with E-state index in [0.29, 0.717) is 12.3 Å². The van der Waals surface area contributed by atoms with Gasteiger partial charge in [-0.05, 0) is 11.6 Å².